The molecule has 0 bridgehead atoms. The van der Waals surface area contributed by atoms with Crippen LogP contribution >= 0.6 is 0 Å². The Morgan fingerprint density at radius 2 is 2.06 bits per heavy atom. The van der Waals surface area contributed by atoms with Crippen LogP contribution in [-0.2, 0) is 11.0 Å². The van der Waals surface area contributed by atoms with E-state index >= 15 is 0 Å². The number of halogens is 3. The molecule has 17 heavy (non-hydrogen) atoms. The van der Waals surface area contributed by atoms with Gasteiger partial charge in [-0.25, -0.2) is 0 Å². The van der Waals surface area contributed by atoms with E-state index in [0.29, 0.717) is 11.8 Å². The number of hydrogen-bond acceptors (Lipinski definition) is 2. The van der Waals surface area contributed by atoms with Crippen molar-refractivity contribution < 1.29 is 22.7 Å². The van der Waals surface area contributed by atoms with Crippen molar-refractivity contribution in [2.75, 3.05) is 7.11 Å². The molecule has 0 saturated carbocycles. The fourth-order valence-electron chi connectivity index (χ4n) is 1.53. The van der Waals surface area contributed by atoms with E-state index in [1.54, 1.807) is 13.0 Å². The van der Waals surface area contributed by atoms with Gasteiger partial charge in [-0.2, -0.15) is 13.2 Å². The molecule has 0 fully saturated rings. The molecule has 1 aromatic carbocycles. The summed E-state index contributed by atoms with van der Waals surface area (Å²) in [5, 5.41) is 0. The van der Waals surface area contributed by atoms with Crippen LogP contribution in [-0.4, -0.2) is 13.4 Å². The molecule has 0 aromatic heterocycles. The molecule has 0 aliphatic carbocycles. The van der Waals surface area contributed by atoms with Crippen LogP contribution in [0.1, 0.15) is 30.4 Å². The van der Waals surface area contributed by atoms with E-state index < -0.39 is 11.7 Å². The normalized spacial score (nSPS) is 13.2. The molecule has 5 heteroatoms. The van der Waals surface area contributed by atoms with Gasteiger partial charge in [0.25, 0.3) is 0 Å². The van der Waals surface area contributed by atoms with E-state index in [1.165, 1.54) is 13.2 Å². The zero-order chi connectivity index (χ0) is 13.1. The van der Waals surface area contributed by atoms with Crippen LogP contribution in [0.5, 0.6) is 5.75 Å². The van der Waals surface area contributed by atoms with Gasteiger partial charge in [-0.15, -0.1) is 0 Å². The average Bonchev–Trinajstić information content (AvgIpc) is 2.27. The lowest BCUT2D eigenvalue weighted by Gasteiger charge is -2.15. The number of aldehydes is 1. The van der Waals surface area contributed by atoms with Gasteiger partial charge in [0.1, 0.15) is 12.0 Å². The molecule has 0 aliphatic rings. The summed E-state index contributed by atoms with van der Waals surface area (Å²) in [6.45, 7) is 1.70. The largest absolute Gasteiger partial charge is 0.496 e. The summed E-state index contributed by atoms with van der Waals surface area (Å²) >= 11 is 0. The van der Waals surface area contributed by atoms with Crippen LogP contribution in [0.3, 0.4) is 0 Å². The quantitative estimate of drug-likeness (QED) is 0.761. The minimum atomic E-state index is -4.46. The number of carbonyl (C=O) groups excluding carboxylic acids is 1. The highest BCUT2D eigenvalue weighted by molar-refractivity contribution is 5.52. The molecule has 0 N–H and O–H groups in total. The van der Waals surface area contributed by atoms with Crippen LogP contribution in [0.4, 0.5) is 13.2 Å². The van der Waals surface area contributed by atoms with Crippen LogP contribution in [0.15, 0.2) is 18.2 Å². The molecular formula is C12H13F3O2. The van der Waals surface area contributed by atoms with Crippen molar-refractivity contribution in [3.63, 3.8) is 0 Å². The lowest BCUT2D eigenvalue weighted by molar-refractivity contribution is -0.138. The third-order valence-corrected chi connectivity index (χ3v) is 2.55. The smallest absolute Gasteiger partial charge is 0.419 e. The fraction of sp³-hybridized carbons (Fsp3) is 0.417. The first-order valence-corrected chi connectivity index (χ1v) is 5.09. The summed E-state index contributed by atoms with van der Waals surface area (Å²) in [4.78, 5) is 10.3. The highest BCUT2D eigenvalue weighted by atomic mass is 19.4. The van der Waals surface area contributed by atoms with Gasteiger partial charge >= 0.3 is 6.18 Å². The Kier molecular flexibility index (Phi) is 4.15. The summed E-state index contributed by atoms with van der Waals surface area (Å²) in [6, 6.07) is 3.86. The minimum absolute atomic E-state index is 0.198. The van der Waals surface area contributed by atoms with Crippen molar-refractivity contribution in [3.8, 4) is 5.75 Å². The summed E-state index contributed by atoms with van der Waals surface area (Å²) in [5.74, 6) is -0.445. The maximum Gasteiger partial charge on any atom is 0.419 e. The van der Waals surface area contributed by atoms with Crippen LogP contribution in [0, 0.1) is 0 Å². The second-order valence-corrected chi connectivity index (χ2v) is 3.76. The number of benzene rings is 1. The van der Waals surface area contributed by atoms with Crippen LogP contribution in [0.2, 0.25) is 0 Å². The van der Waals surface area contributed by atoms with E-state index in [4.69, 9.17) is 0 Å². The zero-order valence-corrected chi connectivity index (χ0v) is 9.54. The number of methoxy groups -OCH3 is 1. The molecule has 0 heterocycles. The first kappa shape index (κ1) is 13.5. The van der Waals surface area contributed by atoms with Gasteiger partial charge in [0.15, 0.2) is 0 Å². The minimum Gasteiger partial charge on any atom is -0.496 e. The number of alkyl halides is 3. The van der Waals surface area contributed by atoms with Gasteiger partial charge in [-0.3, -0.25) is 0 Å². The molecule has 1 atom stereocenters. The first-order valence-electron chi connectivity index (χ1n) is 5.09. The Labute approximate surface area is 97.4 Å². The molecule has 0 aliphatic heterocycles. The van der Waals surface area contributed by atoms with Crippen molar-refractivity contribution in [3.05, 3.63) is 29.3 Å². The average molecular weight is 246 g/mol. The van der Waals surface area contributed by atoms with Gasteiger partial charge in [0.05, 0.1) is 12.7 Å². The van der Waals surface area contributed by atoms with Crippen molar-refractivity contribution in [1.29, 1.82) is 0 Å². The highest BCUT2D eigenvalue weighted by Crippen LogP contribution is 2.38. The summed E-state index contributed by atoms with van der Waals surface area (Å²) in [7, 11) is 1.19. The topological polar surface area (TPSA) is 26.3 Å². The summed E-state index contributed by atoms with van der Waals surface area (Å²) in [5.41, 5.74) is -0.333. The molecular weight excluding hydrogens is 233 g/mol. The van der Waals surface area contributed by atoms with Gasteiger partial charge in [-0.1, -0.05) is 13.0 Å². The van der Waals surface area contributed by atoms with Crippen molar-refractivity contribution in [2.45, 2.75) is 25.4 Å². The van der Waals surface area contributed by atoms with E-state index in [0.717, 1.165) is 6.07 Å². The molecule has 94 valence electrons. The van der Waals surface area contributed by atoms with Gasteiger partial charge in [0.2, 0.25) is 0 Å². The zero-order valence-electron chi connectivity index (χ0n) is 9.54. The van der Waals surface area contributed by atoms with Gasteiger partial charge in [0, 0.05) is 6.42 Å². The van der Waals surface area contributed by atoms with Crippen LogP contribution in [0.25, 0.3) is 0 Å². The molecule has 0 amide bonds. The monoisotopic (exact) mass is 246 g/mol. The second kappa shape index (κ2) is 5.21. The summed E-state index contributed by atoms with van der Waals surface area (Å²) < 4.78 is 42.8. The Hall–Kier alpha value is -1.52. The third kappa shape index (κ3) is 3.22. The number of rotatable bonds is 4. The van der Waals surface area contributed by atoms with Crippen molar-refractivity contribution in [2.24, 2.45) is 0 Å². The Morgan fingerprint density at radius 1 is 1.41 bits per heavy atom. The maximum absolute atomic E-state index is 12.7. The van der Waals surface area contributed by atoms with Gasteiger partial charge in [-0.05, 0) is 23.6 Å². The van der Waals surface area contributed by atoms with E-state index in [2.05, 4.69) is 4.74 Å². The Bertz CT molecular complexity index is 399. The molecule has 0 saturated heterocycles. The fourth-order valence-corrected chi connectivity index (χ4v) is 1.53. The van der Waals surface area contributed by atoms with E-state index in [-0.39, 0.29) is 18.1 Å². The standard InChI is InChI=1S/C12H13F3O2/c1-8(5-6-16)9-3-4-11(17-2)10(7-9)12(13,14)15/h3-4,6-8H,5H2,1-2H3. The first-order chi connectivity index (χ1) is 7.90. The number of hydrogen-bond donors (Lipinski definition) is 0. The predicted octanol–water partition coefficient (Wildman–Crippen LogP) is 3.41. The number of ether oxygens (including phenoxy) is 1. The maximum atomic E-state index is 12.7. The molecule has 1 rings (SSSR count). The lowest BCUT2D eigenvalue weighted by atomic mass is 9.96. The molecule has 1 aromatic rings. The molecule has 0 spiro atoms. The van der Waals surface area contributed by atoms with Gasteiger partial charge < -0.3 is 9.53 Å². The second-order valence-electron chi connectivity index (χ2n) is 3.76. The molecule has 0 radical (unpaired) electrons. The third-order valence-electron chi connectivity index (χ3n) is 2.55. The van der Waals surface area contributed by atoms with E-state index in [1.807, 2.05) is 0 Å². The molecule has 1 unspecified atom stereocenters. The molecule has 2 nitrogen and oxygen atoms in total. The number of carbonyl (C=O) groups is 1. The Balaban J connectivity index is 3.17. The van der Waals surface area contributed by atoms with Crippen LogP contribution < -0.4 is 4.74 Å². The lowest BCUT2D eigenvalue weighted by Crippen LogP contribution is -2.09. The predicted molar refractivity (Wildman–Crippen MR) is 57.1 cm³/mol. The van der Waals surface area contributed by atoms with Crippen molar-refractivity contribution >= 4 is 6.29 Å². The SMILES string of the molecule is COc1ccc(C(C)CC=O)cc1C(F)(F)F. The van der Waals surface area contributed by atoms with E-state index in [9.17, 15) is 18.0 Å². The summed E-state index contributed by atoms with van der Waals surface area (Å²) in [6.07, 6.45) is -3.56. The van der Waals surface area contributed by atoms with Crippen molar-refractivity contribution in [1.82, 2.24) is 0 Å². The highest BCUT2D eigenvalue weighted by Gasteiger charge is 2.34. The Morgan fingerprint density at radius 3 is 2.53 bits per heavy atom.